The van der Waals surface area contributed by atoms with E-state index in [2.05, 4.69) is 43.9 Å². The van der Waals surface area contributed by atoms with Crippen LogP contribution in [0.15, 0.2) is 18.7 Å². The van der Waals surface area contributed by atoms with Crippen LogP contribution in [0.25, 0.3) is 0 Å². The summed E-state index contributed by atoms with van der Waals surface area (Å²) in [6.07, 6.45) is 6.38. The van der Waals surface area contributed by atoms with Crippen LogP contribution in [0, 0.1) is 0 Å². The molecular weight excluding hydrogens is 216 g/mol. The van der Waals surface area contributed by atoms with Gasteiger partial charge in [-0.2, -0.15) is 5.10 Å². The highest BCUT2D eigenvalue weighted by molar-refractivity contribution is 5.10. The Bertz CT molecular complexity index is 433. The number of nitrogens with one attached hydrogen (secondary N) is 2. The van der Waals surface area contributed by atoms with Gasteiger partial charge >= 0.3 is 0 Å². The zero-order valence-electron chi connectivity index (χ0n) is 10.2. The van der Waals surface area contributed by atoms with Crippen molar-refractivity contribution < 1.29 is 0 Å². The second-order valence-corrected chi connectivity index (χ2v) is 3.83. The third-order valence-electron chi connectivity index (χ3n) is 2.65. The van der Waals surface area contributed by atoms with E-state index in [4.69, 9.17) is 0 Å². The minimum atomic E-state index is -0.0209. The number of nitrogens with zero attached hydrogens (tertiary/aromatic N) is 4. The molecule has 1 atom stereocenters. The topological polar surface area (TPSA) is 71.4 Å². The lowest BCUT2D eigenvalue weighted by Crippen LogP contribution is -2.27. The Morgan fingerprint density at radius 2 is 2.29 bits per heavy atom. The van der Waals surface area contributed by atoms with Gasteiger partial charge in [0.2, 0.25) is 0 Å². The standard InChI is InChI=1S/C11H18N6/c1-3-5-12-9(10-14-8-15-16-10)11-13-6-7-17(11)4-2/h6-9,12H,3-5H2,1-2H3,(H,14,15,16). The molecule has 2 aromatic rings. The minimum Gasteiger partial charge on any atom is -0.334 e. The summed E-state index contributed by atoms with van der Waals surface area (Å²) in [7, 11) is 0. The van der Waals surface area contributed by atoms with Crippen LogP contribution in [0.3, 0.4) is 0 Å². The number of rotatable bonds is 6. The van der Waals surface area contributed by atoms with Crippen molar-refractivity contribution >= 4 is 0 Å². The SMILES string of the molecule is CCCNC(c1ncn[nH]1)c1nccn1CC. The van der Waals surface area contributed by atoms with Crippen molar-refractivity contribution in [1.82, 2.24) is 30.0 Å². The smallest absolute Gasteiger partial charge is 0.149 e. The Hall–Kier alpha value is -1.69. The Morgan fingerprint density at radius 1 is 1.41 bits per heavy atom. The zero-order valence-corrected chi connectivity index (χ0v) is 10.2. The van der Waals surface area contributed by atoms with Gasteiger partial charge < -0.3 is 9.88 Å². The summed E-state index contributed by atoms with van der Waals surface area (Å²) in [5, 5.41) is 10.2. The van der Waals surface area contributed by atoms with Crippen LogP contribution < -0.4 is 5.32 Å². The van der Waals surface area contributed by atoms with Crippen molar-refractivity contribution in [3.63, 3.8) is 0 Å². The lowest BCUT2D eigenvalue weighted by atomic mass is 10.2. The lowest BCUT2D eigenvalue weighted by molar-refractivity contribution is 0.522. The predicted octanol–water partition coefficient (Wildman–Crippen LogP) is 1.11. The van der Waals surface area contributed by atoms with E-state index in [9.17, 15) is 0 Å². The first kappa shape index (κ1) is 11.8. The fraction of sp³-hybridized carbons (Fsp3) is 0.545. The van der Waals surface area contributed by atoms with E-state index in [1.54, 1.807) is 0 Å². The molecule has 0 bridgehead atoms. The van der Waals surface area contributed by atoms with E-state index in [1.807, 2.05) is 12.4 Å². The molecule has 0 saturated carbocycles. The summed E-state index contributed by atoms with van der Waals surface area (Å²) >= 11 is 0. The summed E-state index contributed by atoms with van der Waals surface area (Å²) in [5.74, 6) is 1.78. The van der Waals surface area contributed by atoms with E-state index in [0.29, 0.717) is 0 Å². The first-order valence-electron chi connectivity index (χ1n) is 5.96. The molecule has 92 valence electrons. The molecule has 0 radical (unpaired) electrons. The molecule has 0 saturated heterocycles. The van der Waals surface area contributed by atoms with Crippen LogP contribution in [0.2, 0.25) is 0 Å². The molecule has 17 heavy (non-hydrogen) atoms. The fourth-order valence-corrected chi connectivity index (χ4v) is 1.80. The van der Waals surface area contributed by atoms with Gasteiger partial charge in [0.05, 0.1) is 0 Å². The van der Waals surface area contributed by atoms with Gasteiger partial charge in [0.1, 0.15) is 24.0 Å². The van der Waals surface area contributed by atoms with Crippen molar-refractivity contribution in [2.24, 2.45) is 0 Å². The molecule has 6 heteroatoms. The molecule has 2 heterocycles. The first-order chi connectivity index (χ1) is 8.36. The molecule has 0 fully saturated rings. The maximum absolute atomic E-state index is 4.41. The Kier molecular flexibility index (Phi) is 3.87. The normalized spacial score (nSPS) is 12.8. The molecular formula is C11H18N6. The highest BCUT2D eigenvalue weighted by atomic mass is 15.2. The van der Waals surface area contributed by atoms with Crippen LogP contribution in [-0.4, -0.2) is 31.3 Å². The third kappa shape index (κ3) is 2.52. The monoisotopic (exact) mass is 234 g/mol. The van der Waals surface area contributed by atoms with Gasteiger partial charge in [-0.05, 0) is 19.9 Å². The second-order valence-electron chi connectivity index (χ2n) is 3.83. The van der Waals surface area contributed by atoms with Gasteiger partial charge in [0, 0.05) is 18.9 Å². The van der Waals surface area contributed by atoms with Crippen molar-refractivity contribution in [3.8, 4) is 0 Å². The maximum Gasteiger partial charge on any atom is 0.149 e. The van der Waals surface area contributed by atoms with Crippen LogP contribution in [0.5, 0.6) is 0 Å². The summed E-state index contributed by atoms with van der Waals surface area (Å²) in [6, 6.07) is -0.0209. The molecule has 0 spiro atoms. The van der Waals surface area contributed by atoms with Crippen LogP contribution in [0.1, 0.15) is 38.0 Å². The highest BCUT2D eigenvalue weighted by Gasteiger charge is 2.20. The van der Waals surface area contributed by atoms with E-state index in [0.717, 1.165) is 31.2 Å². The summed E-state index contributed by atoms with van der Waals surface area (Å²) in [5.41, 5.74) is 0. The molecule has 0 aliphatic rings. The lowest BCUT2D eigenvalue weighted by Gasteiger charge is -2.16. The van der Waals surface area contributed by atoms with Gasteiger partial charge in [0.15, 0.2) is 0 Å². The zero-order chi connectivity index (χ0) is 12.1. The molecule has 2 rings (SSSR count). The predicted molar refractivity (Wildman–Crippen MR) is 64.4 cm³/mol. The largest absolute Gasteiger partial charge is 0.334 e. The third-order valence-corrected chi connectivity index (χ3v) is 2.65. The van der Waals surface area contributed by atoms with E-state index >= 15 is 0 Å². The molecule has 0 aliphatic carbocycles. The molecule has 0 aromatic carbocycles. The molecule has 2 N–H and O–H groups in total. The average Bonchev–Trinajstić information content (AvgIpc) is 3.00. The molecule has 0 amide bonds. The summed E-state index contributed by atoms with van der Waals surface area (Å²) in [4.78, 5) is 8.63. The fourth-order valence-electron chi connectivity index (χ4n) is 1.80. The minimum absolute atomic E-state index is 0.0209. The number of hydrogen-bond donors (Lipinski definition) is 2. The van der Waals surface area contributed by atoms with Gasteiger partial charge in [-0.15, -0.1) is 0 Å². The number of aryl methyl sites for hydroxylation is 1. The summed E-state index contributed by atoms with van der Waals surface area (Å²) in [6.45, 7) is 6.05. The highest BCUT2D eigenvalue weighted by Crippen LogP contribution is 2.16. The van der Waals surface area contributed by atoms with Gasteiger partial charge in [-0.1, -0.05) is 6.92 Å². The van der Waals surface area contributed by atoms with Crippen molar-refractivity contribution in [2.75, 3.05) is 6.54 Å². The first-order valence-corrected chi connectivity index (χ1v) is 5.96. The van der Waals surface area contributed by atoms with E-state index in [1.165, 1.54) is 6.33 Å². The molecule has 0 aliphatic heterocycles. The quantitative estimate of drug-likeness (QED) is 0.785. The number of imidazole rings is 1. The van der Waals surface area contributed by atoms with Crippen LogP contribution in [-0.2, 0) is 6.54 Å². The van der Waals surface area contributed by atoms with Crippen LogP contribution in [0.4, 0.5) is 0 Å². The number of aromatic amines is 1. The van der Waals surface area contributed by atoms with Gasteiger partial charge in [0.25, 0.3) is 0 Å². The molecule has 1 unspecified atom stereocenters. The van der Waals surface area contributed by atoms with Crippen molar-refractivity contribution in [3.05, 3.63) is 30.4 Å². The number of hydrogen-bond acceptors (Lipinski definition) is 4. The van der Waals surface area contributed by atoms with E-state index in [-0.39, 0.29) is 6.04 Å². The van der Waals surface area contributed by atoms with E-state index < -0.39 is 0 Å². The number of aromatic nitrogens is 5. The summed E-state index contributed by atoms with van der Waals surface area (Å²) < 4.78 is 2.11. The number of H-pyrrole nitrogens is 1. The Balaban J connectivity index is 2.27. The Morgan fingerprint density at radius 3 is 2.94 bits per heavy atom. The van der Waals surface area contributed by atoms with Crippen molar-refractivity contribution in [2.45, 2.75) is 32.9 Å². The maximum atomic E-state index is 4.41. The Labute approximate surface area is 100 Å². The molecule has 6 nitrogen and oxygen atoms in total. The van der Waals surface area contributed by atoms with Gasteiger partial charge in [-0.3, -0.25) is 5.10 Å². The van der Waals surface area contributed by atoms with Crippen molar-refractivity contribution in [1.29, 1.82) is 0 Å². The second kappa shape index (κ2) is 5.58. The van der Waals surface area contributed by atoms with Crippen LogP contribution >= 0.6 is 0 Å². The average molecular weight is 234 g/mol. The molecule has 2 aromatic heterocycles. The van der Waals surface area contributed by atoms with Gasteiger partial charge in [-0.25, -0.2) is 9.97 Å².